The summed E-state index contributed by atoms with van der Waals surface area (Å²) in [6.07, 6.45) is 2.15. The van der Waals surface area contributed by atoms with Gasteiger partial charge in [-0.25, -0.2) is 9.07 Å². The third-order valence-corrected chi connectivity index (χ3v) is 6.28. The molecule has 4 rings (SSSR count). The number of hydrogen-bond donors (Lipinski definition) is 1. The lowest BCUT2D eigenvalue weighted by Crippen LogP contribution is -2.38. The summed E-state index contributed by atoms with van der Waals surface area (Å²) >= 11 is 3.47. The van der Waals surface area contributed by atoms with Crippen LogP contribution in [-0.2, 0) is 9.59 Å². The Balaban J connectivity index is 1.46. The van der Waals surface area contributed by atoms with Gasteiger partial charge in [-0.1, -0.05) is 12.1 Å². The Bertz CT molecular complexity index is 1130. The Kier molecular flexibility index (Phi) is 5.91. The summed E-state index contributed by atoms with van der Waals surface area (Å²) in [5.74, 6) is -1.52. The molecule has 2 atom stereocenters. The Morgan fingerprint density at radius 3 is 2.65 bits per heavy atom. The molecule has 0 aliphatic carbocycles. The van der Waals surface area contributed by atoms with Gasteiger partial charge in [0, 0.05) is 22.3 Å². The van der Waals surface area contributed by atoms with Gasteiger partial charge >= 0.3 is 0 Å². The van der Waals surface area contributed by atoms with Gasteiger partial charge in [-0.15, -0.1) is 0 Å². The number of rotatable bonds is 5. The van der Waals surface area contributed by atoms with E-state index >= 15 is 0 Å². The Labute approximate surface area is 188 Å². The lowest BCUT2D eigenvalue weighted by Gasteiger charge is -2.19. The summed E-state index contributed by atoms with van der Waals surface area (Å²) in [6, 6.07) is 13.2. The second-order valence-electron chi connectivity index (χ2n) is 7.59. The molecule has 8 heteroatoms. The number of benzene rings is 2. The van der Waals surface area contributed by atoms with Gasteiger partial charge in [0.2, 0.25) is 11.8 Å². The zero-order chi connectivity index (χ0) is 22.1. The minimum Gasteiger partial charge on any atom is -0.349 e. The van der Waals surface area contributed by atoms with E-state index in [0.29, 0.717) is 13.0 Å². The molecule has 0 spiro atoms. The first-order valence-corrected chi connectivity index (χ1v) is 10.8. The Morgan fingerprint density at radius 2 is 1.94 bits per heavy atom. The molecule has 1 aromatic heterocycles. The van der Waals surface area contributed by atoms with Crippen molar-refractivity contribution in [2.75, 3.05) is 11.4 Å². The molecule has 31 heavy (non-hydrogen) atoms. The average molecular weight is 485 g/mol. The molecule has 6 nitrogen and oxygen atoms in total. The molecule has 0 bridgehead atoms. The van der Waals surface area contributed by atoms with Crippen molar-refractivity contribution in [3.63, 3.8) is 0 Å². The molecule has 160 valence electrons. The maximum absolute atomic E-state index is 13.2. The standard InChI is InChI=1S/C23H22BrFN4O2/c1-14(19-13-26-29(15(19)2)17-9-7-16(25)8-10-17)27-22(30)18-11-12-28(23(18)31)21-6-4-3-5-20(21)24/h3-10,13-14,18H,11-12H2,1-2H3,(H,27,30). The summed E-state index contributed by atoms with van der Waals surface area (Å²) in [7, 11) is 0. The smallest absolute Gasteiger partial charge is 0.239 e. The number of para-hydroxylation sites is 1. The largest absolute Gasteiger partial charge is 0.349 e. The maximum atomic E-state index is 13.2. The van der Waals surface area contributed by atoms with E-state index in [1.807, 2.05) is 38.1 Å². The highest BCUT2D eigenvalue weighted by Gasteiger charge is 2.38. The van der Waals surface area contributed by atoms with E-state index in [0.717, 1.165) is 27.1 Å². The summed E-state index contributed by atoms with van der Waals surface area (Å²) in [6.45, 7) is 4.25. The minimum absolute atomic E-state index is 0.199. The third-order valence-electron chi connectivity index (χ3n) is 5.61. The SMILES string of the molecule is Cc1c(C(C)NC(=O)C2CCN(c3ccccc3Br)C2=O)cnn1-c1ccc(F)cc1. The summed E-state index contributed by atoms with van der Waals surface area (Å²) in [5, 5.41) is 7.34. The van der Waals surface area contributed by atoms with Crippen molar-refractivity contribution in [3.05, 3.63) is 76.3 Å². The van der Waals surface area contributed by atoms with Crippen LogP contribution in [0.1, 0.15) is 30.6 Å². The van der Waals surface area contributed by atoms with Gasteiger partial charge in [0.1, 0.15) is 11.7 Å². The molecule has 0 radical (unpaired) electrons. The first kappa shape index (κ1) is 21.2. The highest BCUT2D eigenvalue weighted by molar-refractivity contribution is 9.10. The molecule has 0 saturated carbocycles. The summed E-state index contributed by atoms with van der Waals surface area (Å²) < 4.78 is 15.7. The van der Waals surface area contributed by atoms with Gasteiger partial charge in [0.15, 0.2) is 0 Å². The van der Waals surface area contributed by atoms with E-state index in [2.05, 4.69) is 26.3 Å². The van der Waals surface area contributed by atoms with Gasteiger partial charge in [0.05, 0.1) is 23.6 Å². The van der Waals surface area contributed by atoms with Gasteiger partial charge in [-0.2, -0.15) is 5.10 Å². The normalized spacial score (nSPS) is 17.1. The van der Waals surface area contributed by atoms with Crippen LogP contribution in [0, 0.1) is 18.7 Å². The number of hydrogen-bond acceptors (Lipinski definition) is 3. The number of nitrogens with one attached hydrogen (secondary N) is 1. The molecule has 1 saturated heterocycles. The monoisotopic (exact) mass is 484 g/mol. The lowest BCUT2D eigenvalue weighted by molar-refractivity contribution is -0.132. The van der Waals surface area contributed by atoms with Crippen LogP contribution in [0.5, 0.6) is 0 Å². The number of amides is 2. The fraction of sp³-hybridized carbons (Fsp3) is 0.261. The van der Waals surface area contributed by atoms with Crippen molar-refractivity contribution >= 4 is 33.4 Å². The molecule has 2 heterocycles. The maximum Gasteiger partial charge on any atom is 0.239 e. The molecule has 3 aromatic rings. The molecule has 1 aliphatic rings. The first-order valence-electron chi connectivity index (χ1n) is 10.0. The van der Waals surface area contributed by atoms with E-state index in [9.17, 15) is 14.0 Å². The van der Waals surface area contributed by atoms with E-state index in [4.69, 9.17) is 0 Å². The predicted molar refractivity (Wildman–Crippen MR) is 119 cm³/mol. The van der Waals surface area contributed by atoms with Crippen LogP contribution in [0.3, 0.4) is 0 Å². The predicted octanol–water partition coefficient (Wildman–Crippen LogP) is 4.31. The number of carbonyl (C=O) groups excluding carboxylic acids is 2. The van der Waals surface area contributed by atoms with E-state index in [1.54, 1.807) is 27.9 Å². The van der Waals surface area contributed by atoms with Crippen molar-refractivity contribution in [2.24, 2.45) is 5.92 Å². The molecule has 2 unspecified atom stereocenters. The number of nitrogens with zero attached hydrogens (tertiary/aromatic N) is 3. The van der Waals surface area contributed by atoms with Gasteiger partial charge in [-0.3, -0.25) is 9.59 Å². The zero-order valence-corrected chi connectivity index (χ0v) is 18.8. The molecular formula is C23H22BrFN4O2. The molecular weight excluding hydrogens is 463 g/mol. The quantitative estimate of drug-likeness (QED) is 0.548. The number of aromatic nitrogens is 2. The van der Waals surface area contributed by atoms with Crippen LogP contribution in [0.15, 0.2) is 59.2 Å². The molecule has 1 N–H and O–H groups in total. The second kappa shape index (κ2) is 8.63. The topological polar surface area (TPSA) is 67.2 Å². The summed E-state index contributed by atoms with van der Waals surface area (Å²) in [5.41, 5.74) is 3.18. The fourth-order valence-corrected chi connectivity index (χ4v) is 4.41. The van der Waals surface area contributed by atoms with Crippen LogP contribution in [-0.4, -0.2) is 28.1 Å². The van der Waals surface area contributed by atoms with E-state index < -0.39 is 5.92 Å². The Hall–Kier alpha value is -3.00. The zero-order valence-electron chi connectivity index (χ0n) is 17.2. The lowest BCUT2D eigenvalue weighted by atomic mass is 10.1. The van der Waals surface area contributed by atoms with Crippen LogP contribution >= 0.6 is 15.9 Å². The second-order valence-corrected chi connectivity index (χ2v) is 8.44. The van der Waals surface area contributed by atoms with Crippen LogP contribution in [0.4, 0.5) is 10.1 Å². The van der Waals surface area contributed by atoms with Crippen LogP contribution in [0.25, 0.3) is 5.69 Å². The van der Waals surface area contributed by atoms with Gasteiger partial charge < -0.3 is 10.2 Å². The average Bonchev–Trinajstić information content (AvgIpc) is 3.32. The Morgan fingerprint density at radius 1 is 1.23 bits per heavy atom. The van der Waals surface area contributed by atoms with Crippen LogP contribution in [0.2, 0.25) is 0 Å². The van der Waals surface area contributed by atoms with Gasteiger partial charge in [-0.05, 0) is 72.6 Å². The molecule has 2 amide bonds. The third kappa shape index (κ3) is 4.12. The number of anilines is 1. The minimum atomic E-state index is -0.720. The van der Waals surface area contributed by atoms with Crippen molar-refractivity contribution in [2.45, 2.75) is 26.3 Å². The number of halogens is 2. The molecule has 1 aliphatic heterocycles. The van der Waals surface area contributed by atoms with E-state index in [-0.39, 0.29) is 23.7 Å². The molecule has 2 aromatic carbocycles. The van der Waals surface area contributed by atoms with E-state index in [1.165, 1.54) is 12.1 Å². The first-order chi connectivity index (χ1) is 14.9. The highest BCUT2D eigenvalue weighted by atomic mass is 79.9. The van der Waals surface area contributed by atoms with Crippen LogP contribution < -0.4 is 10.2 Å². The number of carbonyl (C=O) groups is 2. The van der Waals surface area contributed by atoms with Gasteiger partial charge in [0.25, 0.3) is 0 Å². The van der Waals surface area contributed by atoms with Crippen molar-refractivity contribution in [1.82, 2.24) is 15.1 Å². The fourth-order valence-electron chi connectivity index (χ4n) is 3.91. The highest BCUT2D eigenvalue weighted by Crippen LogP contribution is 2.32. The summed E-state index contributed by atoms with van der Waals surface area (Å²) in [4.78, 5) is 27.4. The van der Waals surface area contributed by atoms with Crippen molar-refractivity contribution in [3.8, 4) is 5.69 Å². The van der Waals surface area contributed by atoms with Crippen molar-refractivity contribution < 1.29 is 14.0 Å². The molecule has 1 fully saturated rings. The van der Waals surface area contributed by atoms with Crippen molar-refractivity contribution in [1.29, 1.82) is 0 Å².